The van der Waals surface area contributed by atoms with Gasteiger partial charge in [0, 0.05) is 6.54 Å². The molecule has 0 bridgehead atoms. The lowest BCUT2D eigenvalue weighted by Crippen LogP contribution is -2.49. The first-order valence-electron chi connectivity index (χ1n) is 8.38. The van der Waals surface area contributed by atoms with Gasteiger partial charge in [0.2, 0.25) is 5.91 Å². The number of benzene rings is 1. The maximum Gasteiger partial charge on any atom is 0.250 e. The molecule has 2 aromatic rings. The van der Waals surface area contributed by atoms with Crippen LogP contribution in [-0.2, 0) is 21.4 Å². The van der Waals surface area contributed by atoms with Crippen molar-refractivity contribution in [3.8, 4) is 5.75 Å². The lowest BCUT2D eigenvalue weighted by molar-refractivity contribution is -0.123. The third kappa shape index (κ3) is 5.55. The van der Waals surface area contributed by atoms with E-state index in [4.69, 9.17) is 4.74 Å². The number of carbonyl (C=O) groups excluding carboxylic acids is 1. The summed E-state index contributed by atoms with van der Waals surface area (Å²) in [5.74, 6) is 0.227. The summed E-state index contributed by atoms with van der Waals surface area (Å²) in [5, 5.41) is 4.48. The first-order valence-corrected chi connectivity index (χ1v) is 10.7. The fourth-order valence-corrected chi connectivity index (χ4v) is 4.66. The quantitative estimate of drug-likeness (QED) is 0.683. The van der Waals surface area contributed by atoms with E-state index in [2.05, 4.69) is 10.0 Å². The molecule has 0 unspecified atom stereocenters. The second-order valence-corrected chi connectivity index (χ2v) is 8.96. The summed E-state index contributed by atoms with van der Waals surface area (Å²) in [6.07, 6.45) is 0. The minimum Gasteiger partial charge on any atom is -0.494 e. The number of rotatable bonds is 9. The highest BCUT2D eigenvalue weighted by atomic mass is 32.2. The summed E-state index contributed by atoms with van der Waals surface area (Å²) in [5.41, 5.74) is 0.908. The molecular formula is C18H24N2O4S2. The molecule has 0 radical (unpaired) electrons. The van der Waals surface area contributed by atoms with E-state index >= 15 is 0 Å². The Kier molecular flexibility index (Phi) is 7.19. The van der Waals surface area contributed by atoms with Gasteiger partial charge in [0.25, 0.3) is 10.0 Å². The van der Waals surface area contributed by atoms with Gasteiger partial charge in [-0.1, -0.05) is 32.0 Å². The van der Waals surface area contributed by atoms with Crippen molar-refractivity contribution in [1.82, 2.24) is 10.0 Å². The normalized spacial score (nSPS) is 12.8. The Morgan fingerprint density at radius 1 is 1.19 bits per heavy atom. The van der Waals surface area contributed by atoms with Crippen LogP contribution in [-0.4, -0.2) is 27.0 Å². The number of nitrogens with one attached hydrogen (secondary N) is 2. The average molecular weight is 397 g/mol. The van der Waals surface area contributed by atoms with Crippen LogP contribution in [0.15, 0.2) is 46.0 Å². The highest BCUT2D eigenvalue weighted by Crippen LogP contribution is 2.17. The van der Waals surface area contributed by atoms with E-state index in [0.29, 0.717) is 13.2 Å². The Balaban J connectivity index is 2.00. The minimum absolute atomic E-state index is 0.190. The third-order valence-electron chi connectivity index (χ3n) is 3.69. The van der Waals surface area contributed by atoms with Crippen LogP contribution in [0.3, 0.4) is 0 Å². The maximum atomic E-state index is 12.5. The van der Waals surface area contributed by atoms with Gasteiger partial charge in [-0.3, -0.25) is 4.79 Å². The molecule has 2 N–H and O–H groups in total. The molecule has 8 heteroatoms. The molecule has 0 fully saturated rings. The number of hydrogen-bond donors (Lipinski definition) is 2. The summed E-state index contributed by atoms with van der Waals surface area (Å²) in [7, 11) is -3.71. The number of hydrogen-bond acceptors (Lipinski definition) is 5. The second-order valence-electron chi connectivity index (χ2n) is 6.07. The standard InChI is InChI=1S/C18H24N2O4S2/c1-4-24-15-9-7-14(8-10-15)12-19-18(21)17(13(2)3)20-26(22,23)16-6-5-11-25-16/h5-11,13,17,20H,4,12H2,1-3H3,(H,19,21)/t17-/m1/s1. The van der Waals surface area contributed by atoms with E-state index in [-0.39, 0.29) is 16.0 Å². The fourth-order valence-electron chi connectivity index (χ4n) is 2.30. The van der Waals surface area contributed by atoms with E-state index in [0.717, 1.165) is 22.6 Å². The predicted molar refractivity (Wildman–Crippen MR) is 103 cm³/mol. The average Bonchev–Trinajstić information content (AvgIpc) is 3.14. The predicted octanol–water partition coefficient (Wildman–Crippen LogP) is 2.77. The number of sulfonamides is 1. The molecule has 0 saturated carbocycles. The van der Waals surface area contributed by atoms with E-state index < -0.39 is 16.1 Å². The number of thiophene rings is 1. The van der Waals surface area contributed by atoms with Crippen molar-refractivity contribution < 1.29 is 17.9 Å². The molecule has 0 aliphatic carbocycles. The van der Waals surface area contributed by atoms with Crippen molar-refractivity contribution in [2.24, 2.45) is 5.92 Å². The number of ether oxygens (including phenoxy) is 1. The zero-order chi connectivity index (χ0) is 19.2. The van der Waals surface area contributed by atoms with Gasteiger partial charge in [-0.15, -0.1) is 11.3 Å². The smallest absolute Gasteiger partial charge is 0.250 e. The van der Waals surface area contributed by atoms with Crippen molar-refractivity contribution in [2.75, 3.05) is 6.61 Å². The topological polar surface area (TPSA) is 84.5 Å². The van der Waals surface area contributed by atoms with Crippen LogP contribution in [0.4, 0.5) is 0 Å². The number of carbonyl (C=O) groups is 1. The van der Waals surface area contributed by atoms with Gasteiger partial charge in [0.15, 0.2) is 0 Å². The lowest BCUT2D eigenvalue weighted by atomic mass is 10.0. The van der Waals surface area contributed by atoms with Crippen molar-refractivity contribution >= 4 is 27.3 Å². The van der Waals surface area contributed by atoms with Crippen LogP contribution in [0, 0.1) is 5.92 Å². The molecule has 0 saturated heterocycles. The zero-order valence-electron chi connectivity index (χ0n) is 15.1. The van der Waals surface area contributed by atoms with Crippen molar-refractivity contribution in [3.63, 3.8) is 0 Å². The van der Waals surface area contributed by atoms with Gasteiger partial charge in [0.1, 0.15) is 16.0 Å². The molecule has 1 aromatic heterocycles. The lowest BCUT2D eigenvalue weighted by Gasteiger charge is -2.21. The molecule has 0 aliphatic rings. The molecule has 0 spiro atoms. The van der Waals surface area contributed by atoms with Crippen molar-refractivity contribution in [1.29, 1.82) is 0 Å². The highest BCUT2D eigenvalue weighted by Gasteiger charge is 2.28. The first kappa shape index (κ1) is 20.4. The maximum absolute atomic E-state index is 12.5. The Labute approximate surface area is 158 Å². The number of amides is 1. The van der Waals surface area contributed by atoms with Gasteiger partial charge in [-0.25, -0.2) is 8.42 Å². The Hall–Kier alpha value is -1.90. The monoisotopic (exact) mass is 396 g/mol. The SMILES string of the molecule is CCOc1ccc(CNC(=O)[C@H](NS(=O)(=O)c2cccs2)C(C)C)cc1. The van der Waals surface area contributed by atoms with Gasteiger partial charge in [-0.05, 0) is 42.0 Å². The van der Waals surface area contributed by atoms with E-state index in [9.17, 15) is 13.2 Å². The highest BCUT2D eigenvalue weighted by molar-refractivity contribution is 7.91. The van der Waals surface area contributed by atoms with E-state index in [1.54, 1.807) is 25.3 Å². The molecule has 1 aromatic carbocycles. The van der Waals surface area contributed by atoms with Gasteiger partial charge in [-0.2, -0.15) is 4.72 Å². The van der Waals surface area contributed by atoms with Crippen LogP contribution in [0.5, 0.6) is 5.75 Å². The first-order chi connectivity index (χ1) is 12.3. The zero-order valence-corrected chi connectivity index (χ0v) is 16.7. The van der Waals surface area contributed by atoms with E-state index in [1.807, 2.05) is 31.2 Å². The summed E-state index contributed by atoms with van der Waals surface area (Å²) in [6.45, 7) is 6.43. The Morgan fingerprint density at radius 2 is 1.88 bits per heavy atom. The Bertz CT molecular complexity index is 800. The second kappa shape index (κ2) is 9.16. The molecular weight excluding hydrogens is 372 g/mol. The molecule has 2 rings (SSSR count). The summed E-state index contributed by atoms with van der Waals surface area (Å²) >= 11 is 1.12. The van der Waals surface area contributed by atoms with E-state index in [1.165, 1.54) is 6.07 Å². The molecule has 142 valence electrons. The van der Waals surface area contributed by atoms with Crippen LogP contribution in [0.1, 0.15) is 26.3 Å². The summed E-state index contributed by atoms with van der Waals surface area (Å²) in [6, 6.07) is 9.74. The summed E-state index contributed by atoms with van der Waals surface area (Å²) < 4.78 is 32.9. The van der Waals surface area contributed by atoms with Gasteiger partial charge >= 0.3 is 0 Å². The third-order valence-corrected chi connectivity index (χ3v) is 6.53. The van der Waals surface area contributed by atoms with Crippen LogP contribution in [0.25, 0.3) is 0 Å². The van der Waals surface area contributed by atoms with Crippen molar-refractivity contribution in [3.05, 3.63) is 47.3 Å². The largest absolute Gasteiger partial charge is 0.494 e. The van der Waals surface area contributed by atoms with Crippen LogP contribution in [0.2, 0.25) is 0 Å². The molecule has 26 heavy (non-hydrogen) atoms. The molecule has 1 amide bonds. The van der Waals surface area contributed by atoms with Gasteiger partial charge in [0.05, 0.1) is 6.61 Å². The molecule has 1 heterocycles. The molecule has 0 aliphatic heterocycles. The minimum atomic E-state index is -3.71. The van der Waals surface area contributed by atoms with Crippen molar-refractivity contribution in [2.45, 2.75) is 37.6 Å². The van der Waals surface area contributed by atoms with Gasteiger partial charge < -0.3 is 10.1 Å². The van der Waals surface area contributed by atoms with Crippen LogP contribution < -0.4 is 14.8 Å². The molecule has 6 nitrogen and oxygen atoms in total. The summed E-state index contributed by atoms with van der Waals surface area (Å²) in [4.78, 5) is 12.5. The Morgan fingerprint density at radius 3 is 2.42 bits per heavy atom. The fraction of sp³-hybridized carbons (Fsp3) is 0.389. The molecule has 1 atom stereocenters. The van der Waals surface area contributed by atoms with Crippen LogP contribution >= 0.6 is 11.3 Å².